The van der Waals surface area contributed by atoms with Crippen molar-refractivity contribution in [2.45, 2.75) is 63.0 Å². The van der Waals surface area contributed by atoms with Crippen molar-refractivity contribution in [2.75, 3.05) is 38.2 Å². The van der Waals surface area contributed by atoms with Crippen molar-refractivity contribution in [3.63, 3.8) is 0 Å². The number of nitrogens with one attached hydrogen (secondary N) is 1. The van der Waals surface area contributed by atoms with Crippen LogP contribution in [0.4, 0.5) is 5.69 Å². The van der Waals surface area contributed by atoms with Crippen LogP contribution in [0, 0.1) is 17.8 Å². The molecule has 2 bridgehead atoms. The monoisotopic (exact) mass is 613 g/mol. The van der Waals surface area contributed by atoms with Crippen LogP contribution in [0.3, 0.4) is 0 Å². The summed E-state index contributed by atoms with van der Waals surface area (Å²) in [5, 5.41) is -0.178. The molecular formula is C32H40ClN3O5S. The van der Waals surface area contributed by atoms with E-state index < -0.39 is 27.1 Å². The number of ether oxygens (including phenoxy) is 1. The van der Waals surface area contributed by atoms with Crippen LogP contribution < -0.4 is 14.4 Å². The molecule has 0 aromatic heterocycles. The van der Waals surface area contributed by atoms with E-state index in [1.54, 1.807) is 36.9 Å². The van der Waals surface area contributed by atoms with E-state index in [1.165, 1.54) is 11.1 Å². The van der Waals surface area contributed by atoms with Crippen molar-refractivity contribution >= 4 is 39.1 Å². The van der Waals surface area contributed by atoms with Gasteiger partial charge in [-0.25, -0.2) is 13.1 Å². The van der Waals surface area contributed by atoms with Crippen molar-refractivity contribution in [2.24, 2.45) is 17.8 Å². The van der Waals surface area contributed by atoms with Crippen LogP contribution >= 0.6 is 11.6 Å². The minimum Gasteiger partial charge on any atom is -0.490 e. The van der Waals surface area contributed by atoms with Gasteiger partial charge in [0, 0.05) is 49.1 Å². The third-order valence-corrected chi connectivity index (χ3v) is 12.4. The first kappa shape index (κ1) is 29.3. The van der Waals surface area contributed by atoms with Gasteiger partial charge in [0.05, 0.1) is 17.5 Å². The summed E-state index contributed by atoms with van der Waals surface area (Å²) in [6.45, 7) is 5.94. The molecule has 1 fully saturated rings. The van der Waals surface area contributed by atoms with Crippen LogP contribution in [-0.4, -0.2) is 63.7 Å². The largest absolute Gasteiger partial charge is 0.490 e. The van der Waals surface area contributed by atoms with Crippen molar-refractivity contribution < 1.29 is 22.7 Å². The highest BCUT2D eigenvalue weighted by molar-refractivity contribution is 7.90. The SMILES string of the molecule is C[C@@H]1[C@@H](C)CC(=O)N(C)C[C@@H]2CC[C@H]2CN2C[C@@]3(CCCc4cc(Cl)ccc43)COc3ccc(cc32)C(=O)NS1(=O)=O. The number of aryl methyl sites for hydroxylation is 1. The van der Waals surface area contributed by atoms with Crippen LogP contribution in [0.2, 0.25) is 5.02 Å². The summed E-state index contributed by atoms with van der Waals surface area (Å²) < 4.78 is 35.2. The van der Waals surface area contributed by atoms with E-state index in [1.807, 2.05) is 13.1 Å². The van der Waals surface area contributed by atoms with Gasteiger partial charge in [0.25, 0.3) is 5.91 Å². The Hall–Kier alpha value is -2.78. The topological polar surface area (TPSA) is 96.0 Å². The smallest absolute Gasteiger partial charge is 0.264 e. The van der Waals surface area contributed by atoms with E-state index in [9.17, 15) is 18.0 Å². The lowest BCUT2D eigenvalue weighted by molar-refractivity contribution is -0.132. The molecule has 226 valence electrons. The third kappa shape index (κ3) is 5.39. The molecule has 0 unspecified atom stereocenters. The number of rotatable bonds is 0. The molecule has 6 rings (SSSR count). The number of fused-ring (bicyclic) bond motifs is 4. The lowest BCUT2D eigenvalue weighted by Gasteiger charge is -2.45. The molecular weight excluding hydrogens is 574 g/mol. The van der Waals surface area contributed by atoms with Crippen molar-refractivity contribution in [3.8, 4) is 5.75 Å². The fraction of sp³-hybridized carbons (Fsp3) is 0.562. The molecule has 1 N–H and O–H groups in total. The molecule has 2 aliphatic carbocycles. The van der Waals surface area contributed by atoms with Gasteiger partial charge in [0.1, 0.15) is 5.75 Å². The van der Waals surface area contributed by atoms with Crippen LogP contribution in [-0.2, 0) is 26.7 Å². The van der Waals surface area contributed by atoms with Crippen LogP contribution in [0.5, 0.6) is 5.75 Å². The number of hydrogen-bond donors (Lipinski definition) is 1. The number of carbonyl (C=O) groups excluding carboxylic acids is 2. The van der Waals surface area contributed by atoms with Gasteiger partial charge in [-0.3, -0.25) is 9.59 Å². The lowest BCUT2D eigenvalue weighted by atomic mass is 9.69. The number of anilines is 1. The number of carbonyl (C=O) groups is 2. The van der Waals surface area contributed by atoms with Crippen molar-refractivity contribution in [1.29, 1.82) is 0 Å². The first-order valence-corrected chi connectivity index (χ1v) is 17.0. The summed E-state index contributed by atoms with van der Waals surface area (Å²) in [5.74, 6) is 0.245. The molecule has 10 heteroatoms. The zero-order valence-corrected chi connectivity index (χ0v) is 26.1. The third-order valence-electron chi connectivity index (χ3n) is 10.3. The standard InChI is InChI=1S/C32H40ClN3O5S/c1-20-13-30(37)35(3)16-24-6-7-25(24)17-36-18-32(12-4-5-22-14-26(33)9-10-27(22)32)19-41-29-11-8-23(15-28(29)36)31(38)34-42(39,40)21(20)2/h8-11,14-15,20-21,24-25H,4-7,12-13,16-19H2,1-3H3,(H,34,38)/t20-,21+,24-,25-,32-/m0/s1. The van der Waals surface area contributed by atoms with Crippen LogP contribution in [0.1, 0.15) is 67.4 Å². The van der Waals surface area contributed by atoms with Gasteiger partial charge in [-0.05, 0) is 98.2 Å². The number of halogens is 1. The Bertz CT molecular complexity index is 1510. The van der Waals surface area contributed by atoms with E-state index in [0.717, 1.165) is 49.4 Å². The molecule has 2 aromatic carbocycles. The summed E-state index contributed by atoms with van der Waals surface area (Å²) in [5.41, 5.74) is 3.35. The zero-order chi connectivity index (χ0) is 29.8. The van der Waals surface area contributed by atoms with Gasteiger partial charge >= 0.3 is 0 Å². The first-order chi connectivity index (χ1) is 20.0. The average Bonchev–Trinajstić information content (AvgIpc) is 3.09. The molecule has 2 heterocycles. The van der Waals surface area contributed by atoms with Crippen molar-refractivity contribution in [3.05, 3.63) is 58.1 Å². The molecule has 1 spiro atoms. The van der Waals surface area contributed by atoms with Gasteiger partial charge in [-0.1, -0.05) is 24.6 Å². The maximum Gasteiger partial charge on any atom is 0.264 e. The Balaban J connectivity index is 1.42. The van der Waals surface area contributed by atoms with E-state index in [4.69, 9.17) is 16.3 Å². The second kappa shape index (κ2) is 11.1. The van der Waals surface area contributed by atoms with E-state index in [-0.39, 0.29) is 23.3 Å². The number of amides is 2. The lowest BCUT2D eigenvalue weighted by Crippen LogP contribution is -2.50. The highest BCUT2D eigenvalue weighted by Gasteiger charge is 2.44. The Morgan fingerprint density at radius 2 is 1.81 bits per heavy atom. The van der Waals surface area contributed by atoms with E-state index in [2.05, 4.69) is 21.8 Å². The quantitative estimate of drug-likeness (QED) is 0.459. The van der Waals surface area contributed by atoms with Gasteiger partial charge in [0.15, 0.2) is 0 Å². The molecule has 5 atom stereocenters. The average molecular weight is 614 g/mol. The summed E-state index contributed by atoms with van der Waals surface area (Å²) in [4.78, 5) is 30.6. The normalized spacial score (nSPS) is 31.2. The number of nitrogens with zero attached hydrogens (tertiary/aromatic N) is 2. The van der Waals surface area contributed by atoms with E-state index in [0.29, 0.717) is 37.3 Å². The van der Waals surface area contributed by atoms with Gasteiger partial charge in [-0.2, -0.15) is 0 Å². The fourth-order valence-corrected chi connectivity index (χ4v) is 8.76. The van der Waals surface area contributed by atoms with Gasteiger partial charge in [-0.15, -0.1) is 0 Å². The molecule has 2 aromatic rings. The summed E-state index contributed by atoms with van der Waals surface area (Å²) in [6, 6.07) is 11.4. The maximum atomic E-state index is 13.3. The molecule has 8 nitrogen and oxygen atoms in total. The number of hydrogen-bond acceptors (Lipinski definition) is 6. The molecule has 2 aliphatic heterocycles. The minimum atomic E-state index is -4.01. The minimum absolute atomic E-state index is 0.0688. The summed E-state index contributed by atoms with van der Waals surface area (Å²) >= 11 is 6.39. The Labute approximate surface area is 253 Å². The molecule has 0 radical (unpaired) electrons. The molecule has 0 saturated heterocycles. The number of sulfonamides is 1. The molecule has 42 heavy (non-hydrogen) atoms. The van der Waals surface area contributed by atoms with E-state index >= 15 is 0 Å². The highest BCUT2D eigenvalue weighted by atomic mass is 35.5. The van der Waals surface area contributed by atoms with Gasteiger partial charge in [0.2, 0.25) is 15.9 Å². The Kier molecular flexibility index (Phi) is 7.71. The maximum absolute atomic E-state index is 13.3. The number of benzene rings is 2. The highest BCUT2D eigenvalue weighted by Crippen LogP contribution is 2.46. The Morgan fingerprint density at radius 3 is 2.57 bits per heavy atom. The molecule has 1 saturated carbocycles. The van der Waals surface area contributed by atoms with Crippen molar-refractivity contribution in [1.82, 2.24) is 9.62 Å². The van der Waals surface area contributed by atoms with Crippen LogP contribution in [0.25, 0.3) is 0 Å². The first-order valence-electron chi connectivity index (χ1n) is 15.1. The predicted molar refractivity (Wildman–Crippen MR) is 164 cm³/mol. The molecule has 2 amide bonds. The predicted octanol–water partition coefficient (Wildman–Crippen LogP) is 4.79. The van der Waals surface area contributed by atoms with Gasteiger partial charge < -0.3 is 14.5 Å². The summed E-state index contributed by atoms with van der Waals surface area (Å²) in [7, 11) is -2.20. The summed E-state index contributed by atoms with van der Waals surface area (Å²) in [6.07, 6.45) is 5.21. The fourth-order valence-electron chi connectivity index (χ4n) is 7.29. The second-order valence-corrected chi connectivity index (χ2v) is 15.5. The Morgan fingerprint density at radius 1 is 1.05 bits per heavy atom. The zero-order valence-electron chi connectivity index (χ0n) is 24.6. The molecule has 4 aliphatic rings. The van der Waals surface area contributed by atoms with Crippen LogP contribution in [0.15, 0.2) is 36.4 Å². The second-order valence-electron chi connectivity index (χ2n) is 13.0.